The number of nitrogens with one attached hydrogen (secondary N) is 1. The van der Waals surface area contributed by atoms with Gasteiger partial charge in [0.15, 0.2) is 11.5 Å². The summed E-state index contributed by atoms with van der Waals surface area (Å²) in [5, 5.41) is 17.0. The second kappa shape index (κ2) is 8.59. The van der Waals surface area contributed by atoms with Crippen LogP contribution in [0.2, 0.25) is 0 Å². The highest BCUT2D eigenvalue weighted by Gasteiger charge is 2.12. The van der Waals surface area contributed by atoms with Crippen LogP contribution in [0.3, 0.4) is 0 Å². The fourth-order valence-electron chi connectivity index (χ4n) is 2.49. The Morgan fingerprint density at radius 3 is 2.71 bits per heavy atom. The van der Waals surface area contributed by atoms with Gasteiger partial charge >= 0.3 is 0 Å². The Morgan fingerprint density at radius 1 is 1.25 bits per heavy atom. The molecular formula is C18H27N3O3. The molecule has 2 rings (SSSR count). The van der Waals surface area contributed by atoms with Crippen LogP contribution >= 0.6 is 0 Å². The van der Waals surface area contributed by atoms with E-state index in [1.807, 2.05) is 32.0 Å². The number of hydrogen-bond acceptors (Lipinski definition) is 5. The largest absolute Gasteiger partial charge is 0.493 e. The van der Waals surface area contributed by atoms with E-state index in [0.717, 1.165) is 40.6 Å². The van der Waals surface area contributed by atoms with E-state index in [1.54, 1.807) is 11.8 Å². The van der Waals surface area contributed by atoms with Crippen LogP contribution in [0.1, 0.15) is 30.2 Å². The first-order valence-electron chi connectivity index (χ1n) is 8.29. The van der Waals surface area contributed by atoms with Gasteiger partial charge in [-0.15, -0.1) is 0 Å². The molecule has 2 N–H and O–H groups in total. The summed E-state index contributed by atoms with van der Waals surface area (Å²) >= 11 is 0. The van der Waals surface area contributed by atoms with Gasteiger partial charge in [-0.2, -0.15) is 5.10 Å². The highest BCUT2D eigenvalue weighted by atomic mass is 16.5. The summed E-state index contributed by atoms with van der Waals surface area (Å²) in [7, 11) is 1.65. The molecule has 0 saturated heterocycles. The first-order chi connectivity index (χ1) is 11.6. The fraction of sp³-hybridized carbons (Fsp3) is 0.500. The second-order valence-electron chi connectivity index (χ2n) is 5.69. The predicted molar refractivity (Wildman–Crippen MR) is 94.9 cm³/mol. The minimum absolute atomic E-state index is 0.0620. The van der Waals surface area contributed by atoms with E-state index >= 15 is 0 Å². The molecule has 1 aromatic carbocycles. The number of nitrogens with zero attached hydrogens (tertiary/aromatic N) is 2. The number of hydrogen-bond donors (Lipinski definition) is 2. The van der Waals surface area contributed by atoms with Crippen molar-refractivity contribution < 1.29 is 14.6 Å². The number of aromatic nitrogens is 2. The molecule has 0 atom stereocenters. The molecule has 0 bridgehead atoms. The minimum Gasteiger partial charge on any atom is -0.493 e. The SMILES string of the molecule is CCCOc1ccc(CNc2c(C)c(C)nn2CCO)cc1OC. The third kappa shape index (κ3) is 4.20. The van der Waals surface area contributed by atoms with Crippen molar-refractivity contribution >= 4 is 5.82 Å². The van der Waals surface area contributed by atoms with E-state index in [4.69, 9.17) is 9.47 Å². The number of benzene rings is 1. The summed E-state index contributed by atoms with van der Waals surface area (Å²) in [6, 6.07) is 5.94. The highest BCUT2D eigenvalue weighted by molar-refractivity contribution is 5.48. The summed E-state index contributed by atoms with van der Waals surface area (Å²) in [6.07, 6.45) is 0.958. The molecule has 1 heterocycles. The normalized spacial score (nSPS) is 10.7. The van der Waals surface area contributed by atoms with Crippen molar-refractivity contribution in [1.29, 1.82) is 0 Å². The molecule has 0 radical (unpaired) electrons. The summed E-state index contributed by atoms with van der Waals surface area (Å²) in [4.78, 5) is 0. The molecular weight excluding hydrogens is 306 g/mol. The average molecular weight is 333 g/mol. The standard InChI is InChI=1S/C18H27N3O3/c1-5-10-24-16-7-6-15(11-17(16)23-4)12-19-18-13(2)14(3)20-21(18)8-9-22/h6-7,11,19,22H,5,8-10,12H2,1-4H3. The van der Waals surface area contributed by atoms with Crippen LogP contribution in [0.25, 0.3) is 0 Å². The lowest BCUT2D eigenvalue weighted by atomic mass is 10.2. The molecule has 132 valence electrons. The van der Waals surface area contributed by atoms with Gasteiger partial charge in [-0.05, 0) is 38.0 Å². The van der Waals surface area contributed by atoms with Gasteiger partial charge < -0.3 is 19.9 Å². The van der Waals surface area contributed by atoms with E-state index in [0.29, 0.717) is 19.7 Å². The molecule has 0 amide bonds. The lowest BCUT2D eigenvalue weighted by Crippen LogP contribution is -2.11. The van der Waals surface area contributed by atoms with Crippen LogP contribution < -0.4 is 14.8 Å². The maximum absolute atomic E-state index is 9.18. The summed E-state index contributed by atoms with van der Waals surface area (Å²) in [5.41, 5.74) is 3.15. The Bertz CT molecular complexity index is 668. The predicted octanol–water partition coefficient (Wildman–Crippen LogP) is 2.90. The van der Waals surface area contributed by atoms with E-state index in [2.05, 4.69) is 17.3 Å². The third-order valence-corrected chi connectivity index (χ3v) is 3.89. The Hall–Kier alpha value is -2.21. The minimum atomic E-state index is 0.0620. The molecule has 0 spiro atoms. The first kappa shape index (κ1) is 18.1. The maximum Gasteiger partial charge on any atom is 0.161 e. The topological polar surface area (TPSA) is 68.5 Å². The smallest absolute Gasteiger partial charge is 0.161 e. The van der Waals surface area contributed by atoms with Gasteiger partial charge in [-0.1, -0.05) is 13.0 Å². The van der Waals surface area contributed by atoms with Gasteiger partial charge in [0.1, 0.15) is 5.82 Å². The molecule has 6 heteroatoms. The molecule has 0 aliphatic carbocycles. The van der Waals surface area contributed by atoms with E-state index in [1.165, 1.54) is 0 Å². The fourth-order valence-corrected chi connectivity index (χ4v) is 2.49. The lowest BCUT2D eigenvalue weighted by Gasteiger charge is -2.13. The Kier molecular flexibility index (Phi) is 6.49. The van der Waals surface area contributed by atoms with Gasteiger partial charge in [0.05, 0.1) is 32.6 Å². The average Bonchev–Trinajstić information content (AvgIpc) is 2.85. The third-order valence-electron chi connectivity index (χ3n) is 3.89. The van der Waals surface area contributed by atoms with Crippen molar-refractivity contribution in [2.24, 2.45) is 0 Å². The number of rotatable bonds is 9. The Morgan fingerprint density at radius 2 is 2.04 bits per heavy atom. The van der Waals surface area contributed by atoms with Crippen LogP contribution in [-0.4, -0.2) is 35.2 Å². The Balaban J connectivity index is 2.12. The van der Waals surface area contributed by atoms with Gasteiger partial charge in [0.25, 0.3) is 0 Å². The van der Waals surface area contributed by atoms with Crippen molar-refractivity contribution in [3.05, 3.63) is 35.0 Å². The van der Waals surface area contributed by atoms with Crippen molar-refractivity contribution in [3.8, 4) is 11.5 Å². The molecule has 0 aliphatic heterocycles. The molecule has 24 heavy (non-hydrogen) atoms. The zero-order valence-corrected chi connectivity index (χ0v) is 14.9. The van der Waals surface area contributed by atoms with E-state index in [-0.39, 0.29) is 6.61 Å². The number of methoxy groups -OCH3 is 1. The van der Waals surface area contributed by atoms with Crippen LogP contribution in [-0.2, 0) is 13.1 Å². The molecule has 1 aromatic heterocycles. The van der Waals surface area contributed by atoms with Gasteiger partial charge in [-0.3, -0.25) is 0 Å². The van der Waals surface area contributed by atoms with Gasteiger partial charge in [-0.25, -0.2) is 4.68 Å². The molecule has 6 nitrogen and oxygen atoms in total. The highest BCUT2D eigenvalue weighted by Crippen LogP contribution is 2.29. The first-order valence-corrected chi connectivity index (χ1v) is 8.29. The van der Waals surface area contributed by atoms with Crippen LogP contribution in [0.4, 0.5) is 5.82 Å². The molecule has 0 saturated carbocycles. The quantitative estimate of drug-likeness (QED) is 0.738. The van der Waals surface area contributed by atoms with Crippen LogP contribution in [0, 0.1) is 13.8 Å². The maximum atomic E-state index is 9.18. The van der Waals surface area contributed by atoms with Crippen LogP contribution in [0.15, 0.2) is 18.2 Å². The second-order valence-corrected chi connectivity index (χ2v) is 5.69. The molecule has 0 unspecified atom stereocenters. The summed E-state index contributed by atoms with van der Waals surface area (Å²) in [5.74, 6) is 2.44. The van der Waals surface area contributed by atoms with Crippen LogP contribution in [0.5, 0.6) is 11.5 Å². The summed E-state index contributed by atoms with van der Waals surface area (Å²) in [6.45, 7) is 7.92. The van der Waals surface area contributed by atoms with Crippen molar-refractivity contribution in [3.63, 3.8) is 0 Å². The monoisotopic (exact) mass is 333 g/mol. The van der Waals surface area contributed by atoms with Gasteiger partial charge in [0, 0.05) is 12.1 Å². The van der Waals surface area contributed by atoms with E-state index < -0.39 is 0 Å². The lowest BCUT2D eigenvalue weighted by molar-refractivity contribution is 0.270. The molecule has 0 fully saturated rings. The zero-order valence-electron chi connectivity index (χ0n) is 14.9. The van der Waals surface area contributed by atoms with Gasteiger partial charge in [0.2, 0.25) is 0 Å². The zero-order chi connectivity index (χ0) is 17.5. The van der Waals surface area contributed by atoms with Crippen molar-refractivity contribution in [2.45, 2.75) is 40.3 Å². The van der Waals surface area contributed by atoms with Crippen molar-refractivity contribution in [2.75, 3.05) is 25.6 Å². The Labute approximate surface area is 143 Å². The number of aliphatic hydroxyl groups excluding tert-OH is 1. The number of anilines is 1. The molecule has 0 aliphatic rings. The van der Waals surface area contributed by atoms with Crippen molar-refractivity contribution in [1.82, 2.24) is 9.78 Å². The number of aliphatic hydroxyl groups is 1. The van der Waals surface area contributed by atoms with E-state index in [9.17, 15) is 5.11 Å². The number of aryl methyl sites for hydroxylation is 1. The number of ether oxygens (including phenoxy) is 2. The summed E-state index contributed by atoms with van der Waals surface area (Å²) < 4.78 is 12.9. The molecule has 2 aromatic rings.